The first-order valence-electron chi connectivity index (χ1n) is 4.86. The maximum Gasteiger partial charge on any atom is 0.182 e. The molecule has 0 saturated heterocycles. The fraction of sp³-hybridized carbons (Fsp3) is 0.455. The Bertz CT molecular complexity index is 445. The van der Waals surface area contributed by atoms with E-state index in [1.807, 2.05) is 13.1 Å². The highest BCUT2D eigenvalue weighted by Gasteiger charge is 2.10. The van der Waals surface area contributed by atoms with Crippen molar-refractivity contribution in [1.29, 1.82) is 0 Å². The lowest BCUT2D eigenvalue weighted by molar-refractivity contribution is 0.599. The smallest absolute Gasteiger partial charge is 0.182 e. The van der Waals surface area contributed by atoms with Crippen molar-refractivity contribution >= 4 is 11.1 Å². The normalized spacial score (nSPS) is 11.4. The first-order valence-corrected chi connectivity index (χ1v) is 4.86. The van der Waals surface area contributed by atoms with Crippen molar-refractivity contribution in [2.45, 2.75) is 27.2 Å². The van der Waals surface area contributed by atoms with Gasteiger partial charge in [-0.3, -0.25) is 4.98 Å². The number of pyridine rings is 1. The second-order valence-corrected chi connectivity index (χ2v) is 4.02. The van der Waals surface area contributed by atoms with Crippen molar-refractivity contribution in [3.63, 3.8) is 0 Å². The lowest BCUT2D eigenvalue weighted by Gasteiger charge is -2.04. The molecule has 0 atom stereocenters. The van der Waals surface area contributed by atoms with Crippen LogP contribution in [0.5, 0.6) is 0 Å². The third-order valence-electron chi connectivity index (χ3n) is 2.21. The molecule has 2 rings (SSSR count). The zero-order chi connectivity index (χ0) is 10.1. The van der Waals surface area contributed by atoms with E-state index in [1.54, 1.807) is 0 Å². The minimum atomic E-state index is 0.588. The fourth-order valence-corrected chi connectivity index (χ4v) is 1.56. The van der Waals surface area contributed by atoms with E-state index in [4.69, 9.17) is 4.42 Å². The van der Waals surface area contributed by atoms with E-state index in [0.717, 1.165) is 28.8 Å². The number of aromatic nitrogens is 2. The van der Waals surface area contributed by atoms with E-state index in [0.29, 0.717) is 5.92 Å². The molecule has 0 spiro atoms. The van der Waals surface area contributed by atoms with Crippen molar-refractivity contribution in [3.8, 4) is 0 Å². The fourth-order valence-electron chi connectivity index (χ4n) is 1.56. The van der Waals surface area contributed by atoms with Crippen LogP contribution < -0.4 is 0 Å². The van der Waals surface area contributed by atoms with Crippen molar-refractivity contribution in [2.75, 3.05) is 0 Å². The van der Waals surface area contributed by atoms with Crippen LogP contribution in [0.2, 0.25) is 0 Å². The largest absolute Gasteiger partial charge is 0.443 e. The van der Waals surface area contributed by atoms with Crippen LogP contribution in [0.3, 0.4) is 0 Å². The number of fused-ring (bicyclic) bond motifs is 1. The molecule has 0 radical (unpaired) electrons. The lowest BCUT2D eigenvalue weighted by Crippen LogP contribution is -1.98. The minimum Gasteiger partial charge on any atom is -0.443 e. The number of aryl methyl sites for hydroxylation is 1. The summed E-state index contributed by atoms with van der Waals surface area (Å²) in [6.45, 7) is 6.33. The maximum atomic E-state index is 5.32. The second kappa shape index (κ2) is 3.40. The van der Waals surface area contributed by atoms with Crippen molar-refractivity contribution in [2.24, 2.45) is 5.92 Å². The van der Waals surface area contributed by atoms with Gasteiger partial charge in [-0.1, -0.05) is 13.8 Å². The predicted molar refractivity (Wildman–Crippen MR) is 55.1 cm³/mol. The number of nitrogens with zero attached hydrogens (tertiary/aromatic N) is 2. The summed E-state index contributed by atoms with van der Waals surface area (Å²) in [5.74, 6) is 0.588. The van der Waals surface area contributed by atoms with Gasteiger partial charge in [-0.15, -0.1) is 0 Å². The Morgan fingerprint density at radius 3 is 2.86 bits per heavy atom. The molecular formula is C11H14N2O. The van der Waals surface area contributed by atoms with E-state index < -0.39 is 0 Å². The SMILES string of the molecule is Cc1cnc(CC(C)C)c2ncoc12. The molecule has 3 nitrogen and oxygen atoms in total. The van der Waals surface area contributed by atoms with Gasteiger partial charge in [-0.25, -0.2) is 4.98 Å². The molecule has 2 aromatic rings. The number of hydrogen-bond donors (Lipinski definition) is 0. The first kappa shape index (κ1) is 9.19. The average molecular weight is 190 g/mol. The Morgan fingerprint density at radius 1 is 1.36 bits per heavy atom. The van der Waals surface area contributed by atoms with Crippen LogP contribution in [0.4, 0.5) is 0 Å². The van der Waals surface area contributed by atoms with Gasteiger partial charge in [-0.2, -0.15) is 0 Å². The van der Waals surface area contributed by atoms with Gasteiger partial charge in [0.15, 0.2) is 12.0 Å². The van der Waals surface area contributed by atoms with Gasteiger partial charge in [0.2, 0.25) is 0 Å². The molecular weight excluding hydrogens is 176 g/mol. The third-order valence-corrected chi connectivity index (χ3v) is 2.21. The van der Waals surface area contributed by atoms with Crippen LogP contribution in [0.25, 0.3) is 11.1 Å². The Morgan fingerprint density at radius 2 is 2.14 bits per heavy atom. The van der Waals surface area contributed by atoms with Gasteiger partial charge in [-0.05, 0) is 19.3 Å². The maximum absolute atomic E-state index is 5.32. The summed E-state index contributed by atoms with van der Waals surface area (Å²) in [5.41, 5.74) is 3.87. The third kappa shape index (κ3) is 1.50. The molecule has 0 saturated carbocycles. The van der Waals surface area contributed by atoms with E-state index >= 15 is 0 Å². The minimum absolute atomic E-state index is 0.588. The molecule has 0 aromatic carbocycles. The molecule has 3 heteroatoms. The summed E-state index contributed by atoms with van der Waals surface area (Å²) in [6, 6.07) is 0. The summed E-state index contributed by atoms with van der Waals surface area (Å²) in [6.07, 6.45) is 4.29. The Balaban J connectivity index is 2.55. The van der Waals surface area contributed by atoms with Gasteiger partial charge >= 0.3 is 0 Å². The Labute approximate surface area is 83.2 Å². The van der Waals surface area contributed by atoms with Crippen LogP contribution in [0.1, 0.15) is 25.1 Å². The molecule has 0 aliphatic heterocycles. The summed E-state index contributed by atoms with van der Waals surface area (Å²) in [5, 5.41) is 0. The van der Waals surface area contributed by atoms with Gasteiger partial charge in [0, 0.05) is 11.8 Å². The zero-order valence-electron chi connectivity index (χ0n) is 8.74. The van der Waals surface area contributed by atoms with E-state index in [2.05, 4.69) is 23.8 Å². The van der Waals surface area contributed by atoms with Gasteiger partial charge in [0.1, 0.15) is 5.52 Å². The topological polar surface area (TPSA) is 38.9 Å². The molecule has 0 aliphatic rings. The highest BCUT2D eigenvalue weighted by Crippen LogP contribution is 2.20. The van der Waals surface area contributed by atoms with Gasteiger partial charge in [0.05, 0.1) is 5.69 Å². The number of oxazole rings is 1. The molecule has 0 amide bonds. The molecule has 0 N–H and O–H groups in total. The number of hydrogen-bond acceptors (Lipinski definition) is 3. The Kier molecular flexibility index (Phi) is 2.23. The predicted octanol–water partition coefficient (Wildman–Crippen LogP) is 2.73. The highest BCUT2D eigenvalue weighted by molar-refractivity contribution is 5.77. The van der Waals surface area contributed by atoms with Crippen LogP contribution in [0, 0.1) is 12.8 Å². The summed E-state index contributed by atoms with van der Waals surface area (Å²) in [4.78, 5) is 8.60. The molecule has 2 heterocycles. The van der Waals surface area contributed by atoms with E-state index in [-0.39, 0.29) is 0 Å². The molecule has 2 aromatic heterocycles. The van der Waals surface area contributed by atoms with Crippen LogP contribution in [-0.4, -0.2) is 9.97 Å². The highest BCUT2D eigenvalue weighted by atomic mass is 16.3. The van der Waals surface area contributed by atoms with E-state index in [9.17, 15) is 0 Å². The second-order valence-electron chi connectivity index (χ2n) is 4.02. The monoisotopic (exact) mass is 190 g/mol. The van der Waals surface area contributed by atoms with Gasteiger partial charge < -0.3 is 4.42 Å². The van der Waals surface area contributed by atoms with Crippen LogP contribution >= 0.6 is 0 Å². The standard InChI is InChI=1S/C11H14N2O/c1-7(2)4-9-10-11(14-6-13-10)8(3)5-12-9/h5-7H,4H2,1-3H3. The van der Waals surface area contributed by atoms with E-state index in [1.165, 1.54) is 6.39 Å². The van der Waals surface area contributed by atoms with Gasteiger partial charge in [0.25, 0.3) is 0 Å². The quantitative estimate of drug-likeness (QED) is 0.730. The molecule has 74 valence electrons. The summed E-state index contributed by atoms with van der Waals surface area (Å²) in [7, 11) is 0. The van der Waals surface area contributed by atoms with Crippen molar-refractivity contribution < 1.29 is 4.42 Å². The molecule has 0 unspecified atom stereocenters. The summed E-state index contributed by atoms with van der Waals surface area (Å²) < 4.78 is 5.32. The summed E-state index contributed by atoms with van der Waals surface area (Å²) >= 11 is 0. The van der Waals surface area contributed by atoms with Crippen LogP contribution in [0.15, 0.2) is 17.0 Å². The van der Waals surface area contributed by atoms with Crippen molar-refractivity contribution in [3.05, 3.63) is 23.8 Å². The molecule has 0 fully saturated rings. The van der Waals surface area contributed by atoms with Crippen molar-refractivity contribution in [1.82, 2.24) is 9.97 Å². The first-order chi connectivity index (χ1) is 6.68. The number of rotatable bonds is 2. The van der Waals surface area contributed by atoms with Crippen LogP contribution in [-0.2, 0) is 6.42 Å². The molecule has 14 heavy (non-hydrogen) atoms. The average Bonchev–Trinajstić information content (AvgIpc) is 2.58. The Hall–Kier alpha value is -1.38. The zero-order valence-corrected chi connectivity index (χ0v) is 8.74. The molecule has 0 aliphatic carbocycles. The lowest BCUT2D eigenvalue weighted by atomic mass is 10.1. The molecule has 0 bridgehead atoms.